The number of rotatable bonds is 49. The van der Waals surface area contributed by atoms with Gasteiger partial charge in [-0.15, -0.1) is 0 Å². The Hall–Kier alpha value is -9.29. The van der Waals surface area contributed by atoms with E-state index < -0.39 is 219 Å². The second-order valence-corrected chi connectivity index (χ2v) is 22.0. The Bertz CT molecular complexity index is 2570. The maximum atomic E-state index is 14.3. The Morgan fingerprint density at radius 3 is 0.934 bits per heavy atom. The Morgan fingerprint density at radius 1 is 0.374 bits per heavy atom. The summed E-state index contributed by atoms with van der Waals surface area (Å²) < 4.78 is 0. The molecule has 0 radical (unpaired) electrons. The number of guanidine groups is 1. The monoisotopic (exact) mass is 1300 g/mol. The first-order valence-corrected chi connectivity index (χ1v) is 29.6. The summed E-state index contributed by atoms with van der Waals surface area (Å²) in [6.45, 7) is 6.89. The highest BCUT2D eigenvalue weighted by Gasteiger charge is 2.37. The van der Waals surface area contributed by atoms with Crippen LogP contribution in [-0.4, -0.2) is 189 Å². The van der Waals surface area contributed by atoms with Gasteiger partial charge >= 0.3 is 17.9 Å². The van der Waals surface area contributed by atoms with Gasteiger partial charge in [0.25, 0.3) is 0 Å². The third kappa shape index (κ3) is 35.5. The fourth-order valence-corrected chi connectivity index (χ4v) is 8.48. The number of nitrogens with one attached hydrogen (secondary N) is 9. The molecular formula is C54H94N18O19. The van der Waals surface area contributed by atoms with Crippen molar-refractivity contribution in [2.75, 3.05) is 13.1 Å². The van der Waals surface area contributed by atoms with Gasteiger partial charge in [0.2, 0.25) is 76.8 Å². The summed E-state index contributed by atoms with van der Waals surface area (Å²) in [7, 11) is 0. The molecule has 0 aliphatic heterocycles. The average molecular weight is 1300 g/mol. The fraction of sp³-hybridized carbons (Fsp3) is 0.685. The van der Waals surface area contributed by atoms with Crippen molar-refractivity contribution in [1.29, 1.82) is 0 Å². The summed E-state index contributed by atoms with van der Waals surface area (Å²) >= 11 is 0. The summed E-state index contributed by atoms with van der Waals surface area (Å²) in [6, 6.07) is -16.2. The van der Waals surface area contributed by atoms with Crippen LogP contribution in [0, 0.1) is 11.8 Å². The van der Waals surface area contributed by atoms with Crippen LogP contribution in [0.1, 0.15) is 150 Å². The third-order valence-electron chi connectivity index (χ3n) is 13.8. The van der Waals surface area contributed by atoms with Crippen LogP contribution in [0.5, 0.6) is 0 Å². The summed E-state index contributed by atoms with van der Waals surface area (Å²) in [6.07, 6.45) is -6.58. The molecule has 13 amide bonds. The molecule has 0 fully saturated rings. The first-order valence-electron chi connectivity index (χ1n) is 29.6. The van der Waals surface area contributed by atoms with E-state index in [1.807, 2.05) is 0 Å². The number of carbonyl (C=O) groups excluding carboxylic acids is 13. The van der Waals surface area contributed by atoms with E-state index in [9.17, 15) is 86.9 Å². The van der Waals surface area contributed by atoms with Crippen LogP contribution >= 0.6 is 0 Å². The van der Waals surface area contributed by atoms with Crippen LogP contribution in [0.2, 0.25) is 0 Å². The highest BCUT2D eigenvalue weighted by Crippen LogP contribution is 2.14. The molecule has 0 heterocycles. The fourth-order valence-electron chi connectivity index (χ4n) is 8.48. The van der Waals surface area contributed by atoms with E-state index in [0.717, 1.165) is 0 Å². The van der Waals surface area contributed by atoms with Gasteiger partial charge in [0.15, 0.2) is 5.96 Å². The molecule has 0 aromatic heterocycles. The highest BCUT2D eigenvalue weighted by atomic mass is 16.4. The first-order chi connectivity index (χ1) is 42.5. The van der Waals surface area contributed by atoms with Gasteiger partial charge in [-0.25, -0.2) is 4.79 Å². The zero-order valence-corrected chi connectivity index (χ0v) is 51.7. The Balaban J connectivity index is 7.27. The van der Waals surface area contributed by atoms with Crippen molar-refractivity contribution < 1.29 is 92.0 Å². The Kier molecular flexibility index (Phi) is 39.0. The number of carboxylic acids is 3. The van der Waals surface area contributed by atoms with E-state index in [4.69, 9.17) is 51.0 Å². The maximum Gasteiger partial charge on any atom is 0.326 e. The predicted octanol–water partition coefficient (Wildman–Crippen LogP) is -7.17. The molecule has 0 unspecified atom stereocenters. The molecule has 0 spiro atoms. The first kappa shape index (κ1) is 81.7. The largest absolute Gasteiger partial charge is 0.481 e. The van der Waals surface area contributed by atoms with Gasteiger partial charge in [-0.1, -0.05) is 34.1 Å². The standard InChI is InChI=1S/C54H94N18O19/c1-5-27(4)43(60)52(89)70-33(14-20-40(59)76)49(86)65-29(10-8-24-63-54(61)62)45(82)72-36(25-26(2)3)51(88)69-32(13-19-39(58)75)48(85)67-30(11-17-37(56)73)46(83)66-31(12-18-38(57)74)47(84)68-34(15-21-41(77)78)50(87)64-28(9-6-7-23-55)44(81)71-35(53(90)91)16-22-42(79)80/h26-36,43H,5-25,55,60H2,1-4H3,(H2,56,73)(H2,57,74)(H2,58,75)(H2,59,76)(H,64,87)(H,65,86)(H,66,83)(H,67,85)(H,68,84)(H,69,88)(H,70,89)(H,71,81)(H,72,82)(H,77,78)(H,79,80)(H,90,91)(H4,61,62,63)/t27-,28-,29-,30-,31-,32-,33-,34-,35-,36-,43-/m0/s1. The molecule has 0 aromatic rings. The minimum absolute atomic E-state index is 0.0468. The number of unbranched alkanes of at least 4 members (excludes halogenated alkanes) is 1. The lowest BCUT2D eigenvalue weighted by atomic mass is 9.98. The van der Waals surface area contributed by atoms with Gasteiger partial charge < -0.3 is 109 Å². The van der Waals surface area contributed by atoms with Gasteiger partial charge in [-0.3, -0.25) is 76.9 Å². The van der Waals surface area contributed by atoms with Crippen molar-refractivity contribution >= 4 is 101 Å². The van der Waals surface area contributed by atoms with Crippen molar-refractivity contribution in [3.05, 3.63) is 0 Å². The van der Waals surface area contributed by atoms with E-state index in [1.54, 1.807) is 27.7 Å². The number of carboxylic acid groups (broad SMARTS) is 3. The quantitative estimate of drug-likeness (QED) is 0.0153. The molecule has 37 heteroatoms. The molecule has 37 nitrogen and oxygen atoms in total. The minimum atomic E-state index is -1.87. The number of aliphatic imine (C=N–C) groups is 1. The molecule has 0 aliphatic carbocycles. The van der Waals surface area contributed by atoms with Crippen molar-refractivity contribution in [3.63, 3.8) is 0 Å². The molecule has 91 heavy (non-hydrogen) atoms. The molecule has 0 aliphatic rings. The van der Waals surface area contributed by atoms with E-state index in [1.165, 1.54) is 0 Å². The molecule has 28 N–H and O–H groups in total. The molecule has 0 bridgehead atoms. The number of nitrogens with two attached hydrogens (primary N) is 8. The lowest BCUT2D eigenvalue weighted by Crippen LogP contribution is -2.61. The van der Waals surface area contributed by atoms with Crippen LogP contribution in [0.3, 0.4) is 0 Å². The van der Waals surface area contributed by atoms with Crippen LogP contribution in [0.4, 0.5) is 0 Å². The van der Waals surface area contributed by atoms with Gasteiger partial charge in [-0.05, 0) is 95.4 Å². The average Bonchev–Trinajstić information content (AvgIpc) is 1.87. The molecule has 0 aromatic carbocycles. The molecule has 514 valence electrons. The zero-order chi connectivity index (χ0) is 69.7. The van der Waals surface area contributed by atoms with E-state index in [0.29, 0.717) is 12.8 Å². The van der Waals surface area contributed by atoms with Crippen LogP contribution in [0.15, 0.2) is 4.99 Å². The van der Waals surface area contributed by atoms with Crippen molar-refractivity contribution in [3.8, 4) is 0 Å². The van der Waals surface area contributed by atoms with Crippen molar-refractivity contribution in [1.82, 2.24) is 47.9 Å². The van der Waals surface area contributed by atoms with Gasteiger partial charge in [0, 0.05) is 45.1 Å². The normalized spacial score (nSPS) is 14.6. The highest BCUT2D eigenvalue weighted by molar-refractivity contribution is 5.99. The molecule has 0 saturated carbocycles. The zero-order valence-electron chi connectivity index (χ0n) is 51.7. The van der Waals surface area contributed by atoms with Gasteiger partial charge in [0.05, 0.1) is 6.04 Å². The number of amides is 13. The Morgan fingerprint density at radius 2 is 0.648 bits per heavy atom. The second-order valence-electron chi connectivity index (χ2n) is 22.0. The molecule has 0 rings (SSSR count). The summed E-state index contributed by atoms with van der Waals surface area (Å²) in [5.41, 5.74) is 44.2. The number of carbonyl (C=O) groups is 16. The summed E-state index contributed by atoms with van der Waals surface area (Å²) in [4.78, 5) is 213. The topological polar surface area (TPSA) is 663 Å². The third-order valence-corrected chi connectivity index (χ3v) is 13.8. The number of aliphatic carboxylic acids is 3. The Labute approximate surface area is 525 Å². The molecular weight excluding hydrogens is 1200 g/mol. The van der Waals surface area contributed by atoms with Gasteiger partial charge in [-0.2, -0.15) is 0 Å². The number of hydrogen-bond acceptors (Lipinski definition) is 19. The van der Waals surface area contributed by atoms with Crippen LogP contribution < -0.4 is 93.7 Å². The number of primary amides is 4. The predicted molar refractivity (Wildman–Crippen MR) is 322 cm³/mol. The molecule has 11 atom stereocenters. The van der Waals surface area contributed by atoms with Gasteiger partial charge in [0.1, 0.15) is 54.4 Å². The summed E-state index contributed by atoms with van der Waals surface area (Å²) in [5.74, 6) is -19.1. The van der Waals surface area contributed by atoms with Crippen LogP contribution in [-0.2, 0) is 76.7 Å². The number of nitrogens with zero attached hydrogens (tertiary/aromatic N) is 1. The van der Waals surface area contributed by atoms with E-state index in [-0.39, 0.29) is 75.8 Å². The van der Waals surface area contributed by atoms with E-state index in [2.05, 4.69) is 52.8 Å². The maximum absolute atomic E-state index is 14.3. The minimum Gasteiger partial charge on any atom is -0.481 e. The second kappa shape index (κ2) is 43.4. The molecule has 0 saturated heterocycles. The lowest BCUT2D eigenvalue weighted by molar-refractivity contribution is -0.143. The van der Waals surface area contributed by atoms with Crippen molar-refractivity contribution in [2.24, 2.45) is 62.7 Å². The van der Waals surface area contributed by atoms with E-state index >= 15 is 0 Å². The number of hydrogen-bond donors (Lipinski definition) is 20. The van der Waals surface area contributed by atoms with Crippen LogP contribution in [0.25, 0.3) is 0 Å². The van der Waals surface area contributed by atoms with Crippen molar-refractivity contribution in [2.45, 2.75) is 210 Å². The lowest BCUT2D eigenvalue weighted by Gasteiger charge is -2.28. The summed E-state index contributed by atoms with van der Waals surface area (Å²) in [5, 5.41) is 49.6. The SMILES string of the molecule is CC[C@H](C)[C@H](N)C(=O)N[C@@H](CCC(N)=O)C(=O)N[C@@H](CCCN=C(N)N)C(=O)N[C@@H](CC(C)C)C(=O)N[C@@H](CCC(N)=O)C(=O)N[C@@H](CCC(N)=O)C(=O)N[C@@H](CCC(N)=O)C(=O)N[C@@H](CCC(=O)O)C(=O)N[C@@H](CCCCN)C(=O)N[C@@H](CCC(=O)O)C(=O)O. The smallest absolute Gasteiger partial charge is 0.326 e.